The summed E-state index contributed by atoms with van der Waals surface area (Å²) in [7, 11) is 4.09. The van der Waals surface area contributed by atoms with Crippen LogP contribution < -0.4 is 10.6 Å². The predicted octanol–water partition coefficient (Wildman–Crippen LogP) is 5.01. The largest absolute Gasteiger partial charge is 0.355 e. The number of piperidine rings is 1. The van der Waals surface area contributed by atoms with E-state index in [1.807, 2.05) is 14.1 Å². The van der Waals surface area contributed by atoms with Gasteiger partial charge in [-0.05, 0) is 82.3 Å². The second-order valence-corrected chi connectivity index (χ2v) is 10.3. The van der Waals surface area contributed by atoms with Crippen molar-refractivity contribution in [3.8, 4) is 0 Å². The van der Waals surface area contributed by atoms with Gasteiger partial charge in [0.25, 0.3) is 0 Å². The number of benzene rings is 1. The van der Waals surface area contributed by atoms with Crippen molar-refractivity contribution in [3.05, 3.63) is 36.0 Å². The van der Waals surface area contributed by atoms with Gasteiger partial charge >= 0.3 is 0 Å². The third-order valence-corrected chi connectivity index (χ3v) is 7.64. The van der Waals surface area contributed by atoms with Crippen LogP contribution in [-0.4, -0.2) is 55.6 Å². The Morgan fingerprint density at radius 2 is 1.85 bits per heavy atom. The molecule has 1 unspecified atom stereocenters. The summed E-state index contributed by atoms with van der Waals surface area (Å²) in [6, 6.07) is 8.88. The van der Waals surface area contributed by atoms with Crippen molar-refractivity contribution in [2.45, 2.75) is 71.3 Å². The molecule has 1 aromatic heterocycles. The first kappa shape index (κ1) is 25.8. The number of aromatic nitrogens is 1. The Balaban J connectivity index is 0.00000306. The summed E-state index contributed by atoms with van der Waals surface area (Å²) in [5.41, 5.74) is 2.74. The average molecular weight is 455 g/mol. The van der Waals surface area contributed by atoms with Crippen LogP contribution in [-0.2, 0) is 11.3 Å². The summed E-state index contributed by atoms with van der Waals surface area (Å²) < 4.78 is 2.51. The molecule has 4 rings (SSSR count). The third kappa shape index (κ3) is 6.83. The number of fused-ring (bicyclic) bond motifs is 1. The molecule has 1 atom stereocenters. The molecule has 2 N–H and O–H groups in total. The number of amides is 1. The molecule has 2 aliphatic rings. The van der Waals surface area contributed by atoms with Crippen molar-refractivity contribution in [1.82, 2.24) is 20.1 Å². The minimum absolute atomic E-state index is 0. The molecule has 1 aliphatic carbocycles. The number of hydrogen-bond donors (Lipinski definition) is 2. The molecular weight excluding hydrogens is 408 g/mol. The summed E-state index contributed by atoms with van der Waals surface area (Å²) in [5, 5.41) is 8.03. The zero-order valence-electron chi connectivity index (χ0n) is 20.1. The highest BCUT2D eigenvalue weighted by Crippen LogP contribution is 2.39. The fourth-order valence-corrected chi connectivity index (χ4v) is 5.84. The van der Waals surface area contributed by atoms with Crippen LogP contribution in [0.15, 0.2) is 30.5 Å². The van der Waals surface area contributed by atoms with E-state index in [0.717, 1.165) is 44.9 Å². The number of nitrogens with zero attached hydrogens (tertiary/aromatic N) is 2. The van der Waals surface area contributed by atoms with Crippen molar-refractivity contribution >= 4 is 16.8 Å². The molecule has 33 heavy (non-hydrogen) atoms. The van der Waals surface area contributed by atoms with Gasteiger partial charge in [-0.3, -0.25) is 4.79 Å². The quantitative estimate of drug-likeness (QED) is 0.560. The van der Waals surface area contributed by atoms with Crippen molar-refractivity contribution < 1.29 is 4.79 Å². The zero-order chi connectivity index (χ0) is 22.3. The van der Waals surface area contributed by atoms with Gasteiger partial charge in [0.1, 0.15) is 0 Å². The molecule has 184 valence electrons. The van der Waals surface area contributed by atoms with Crippen molar-refractivity contribution in [2.24, 2.45) is 11.8 Å². The highest BCUT2D eigenvalue weighted by atomic mass is 16.1. The molecule has 1 aromatic carbocycles. The number of hydrogen-bond acceptors (Lipinski definition) is 3. The van der Waals surface area contributed by atoms with Crippen LogP contribution in [0.4, 0.5) is 0 Å². The summed E-state index contributed by atoms with van der Waals surface area (Å²) in [6.45, 7) is 4.83. The number of rotatable bonds is 9. The lowest BCUT2D eigenvalue weighted by atomic mass is 9.78. The Bertz CT molecular complexity index is 862. The molecule has 2 heterocycles. The van der Waals surface area contributed by atoms with E-state index in [-0.39, 0.29) is 19.3 Å². The van der Waals surface area contributed by atoms with Crippen LogP contribution >= 0.6 is 0 Å². The maximum atomic E-state index is 13.0. The van der Waals surface area contributed by atoms with Gasteiger partial charge in [-0.2, -0.15) is 0 Å². The van der Waals surface area contributed by atoms with Gasteiger partial charge in [-0.1, -0.05) is 44.9 Å². The lowest BCUT2D eigenvalue weighted by molar-refractivity contribution is -0.121. The van der Waals surface area contributed by atoms with Gasteiger partial charge in [0.15, 0.2) is 0 Å². The number of carbonyl (C=O) groups is 1. The highest BCUT2D eigenvalue weighted by molar-refractivity contribution is 5.86. The first-order chi connectivity index (χ1) is 15.6. The van der Waals surface area contributed by atoms with E-state index in [9.17, 15) is 4.79 Å². The number of carbonyl (C=O) groups excluding carboxylic acids is 1. The maximum Gasteiger partial charge on any atom is 0.220 e. The van der Waals surface area contributed by atoms with E-state index in [1.54, 1.807) is 0 Å². The minimum atomic E-state index is 0. The smallest absolute Gasteiger partial charge is 0.220 e. The van der Waals surface area contributed by atoms with Crippen molar-refractivity contribution in [1.29, 1.82) is 0 Å². The van der Waals surface area contributed by atoms with E-state index in [2.05, 4.69) is 50.6 Å². The van der Waals surface area contributed by atoms with E-state index in [1.165, 1.54) is 48.6 Å². The Kier molecular flexibility index (Phi) is 9.81. The highest BCUT2D eigenvalue weighted by Gasteiger charge is 2.30. The third-order valence-electron chi connectivity index (χ3n) is 7.64. The number of likely N-dealkylation sites (N-methyl/N-ethyl adjacent to an activating group) is 1. The van der Waals surface area contributed by atoms with Crippen molar-refractivity contribution in [2.75, 3.05) is 40.3 Å². The lowest BCUT2D eigenvalue weighted by Crippen LogP contribution is -2.35. The molecule has 0 bridgehead atoms. The Hall–Kier alpha value is -1.85. The summed E-state index contributed by atoms with van der Waals surface area (Å²) in [6.07, 6.45) is 12.2. The van der Waals surface area contributed by atoms with Crippen LogP contribution in [0.3, 0.4) is 0 Å². The fraction of sp³-hybridized carbons (Fsp3) is 0.679. The van der Waals surface area contributed by atoms with Gasteiger partial charge in [0.2, 0.25) is 5.91 Å². The number of para-hydroxylation sites is 1. The molecule has 1 saturated carbocycles. The standard InChI is InChI=1S/C27H42N4O.CH4/c1-30(2)17-16-29-27(32)18-24(22-12-14-28-15-13-22)25-20-31(19-21-8-4-3-5-9-21)26-11-7-6-10-23(25)26;/h6-7,10-11,20-22,24,28H,3-5,8-9,12-19H2,1-2H3,(H,29,32);1H4. The second kappa shape index (κ2) is 12.6. The molecule has 0 spiro atoms. The fourth-order valence-electron chi connectivity index (χ4n) is 5.84. The van der Waals surface area contributed by atoms with Crippen LogP contribution in [0.2, 0.25) is 0 Å². The van der Waals surface area contributed by atoms with E-state index in [4.69, 9.17) is 0 Å². The van der Waals surface area contributed by atoms with Gasteiger partial charge < -0.3 is 20.1 Å². The molecular formula is C28H46N4O. The normalized spacial score (nSPS) is 18.9. The van der Waals surface area contributed by atoms with E-state index < -0.39 is 0 Å². The van der Waals surface area contributed by atoms with Crippen LogP contribution in [0.5, 0.6) is 0 Å². The Labute approximate surface area is 201 Å². The average Bonchev–Trinajstić information content (AvgIpc) is 3.17. The van der Waals surface area contributed by atoms with Gasteiger partial charge in [0.05, 0.1) is 0 Å². The van der Waals surface area contributed by atoms with Gasteiger partial charge in [-0.25, -0.2) is 0 Å². The molecule has 5 heteroatoms. The maximum absolute atomic E-state index is 13.0. The number of nitrogens with one attached hydrogen (secondary N) is 2. The molecule has 0 radical (unpaired) electrons. The molecule has 5 nitrogen and oxygen atoms in total. The molecule has 1 amide bonds. The minimum Gasteiger partial charge on any atom is -0.355 e. The second-order valence-electron chi connectivity index (χ2n) is 10.3. The van der Waals surface area contributed by atoms with E-state index in [0.29, 0.717) is 18.9 Å². The SMILES string of the molecule is C.CN(C)CCNC(=O)CC(c1cn(CC2CCCCC2)c2ccccc12)C1CCNCC1. The molecule has 1 aliphatic heterocycles. The van der Waals surface area contributed by atoms with Crippen LogP contribution in [0.1, 0.15) is 70.3 Å². The summed E-state index contributed by atoms with van der Waals surface area (Å²) >= 11 is 0. The molecule has 1 saturated heterocycles. The first-order valence-corrected chi connectivity index (χ1v) is 12.8. The van der Waals surface area contributed by atoms with Crippen LogP contribution in [0, 0.1) is 11.8 Å². The van der Waals surface area contributed by atoms with E-state index >= 15 is 0 Å². The first-order valence-electron chi connectivity index (χ1n) is 12.8. The Morgan fingerprint density at radius 1 is 1.12 bits per heavy atom. The predicted molar refractivity (Wildman–Crippen MR) is 140 cm³/mol. The van der Waals surface area contributed by atoms with Crippen LogP contribution in [0.25, 0.3) is 10.9 Å². The van der Waals surface area contributed by atoms with Gasteiger partial charge in [0, 0.05) is 43.2 Å². The van der Waals surface area contributed by atoms with Gasteiger partial charge in [-0.15, -0.1) is 0 Å². The summed E-state index contributed by atoms with van der Waals surface area (Å²) in [4.78, 5) is 15.1. The zero-order valence-corrected chi connectivity index (χ0v) is 20.1. The molecule has 2 aromatic rings. The lowest BCUT2D eigenvalue weighted by Gasteiger charge is -2.30. The monoisotopic (exact) mass is 454 g/mol. The molecule has 2 fully saturated rings. The van der Waals surface area contributed by atoms with Crippen molar-refractivity contribution in [3.63, 3.8) is 0 Å². The topological polar surface area (TPSA) is 49.3 Å². The summed E-state index contributed by atoms with van der Waals surface area (Å²) in [5.74, 6) is 1.83. The Morgan fingerprint density at radius 3 is 2.58 bits per heavy atom.